The van der Waals surface area contributed by atoms with Gasteiger partial charge in [-0.2, -0.15) is 0 Å². The molecule has 10 nitrogen and oxygen atoms in total. The third-order valence-corrected chi connectivity index (χ3v) is 4.96. The van der Waals surface area contributed by atoms with E-state index in [9.17, 15) is 14.3 Å². The second-order valence-corrected chi connectivity index (χ2v) is 8.55. The molecule has 2 aromatic rings. The molecule has 1 aromatic carbocycles. The lowest BCUT2D eigenvalue weighted by Crippen LogP contribution is -2.15. The maximum atomic E-state index is 12.1. The van der Waals surface area contributed by atoms with Crippen LogP contribution in [0.3, 0.4) is 0 Å². The van der Waals surface area contributed by atoms with Crippen LogP contribution >= 0.6 is 7.82 Å². The van der Waals surface area contributed by atoms with E-state index in [2.05, 4.69) is 14.2 Å². The Balaban J connectivity index is 2.06. The van der Waals surface area contributed by atoms with Crippen LogP contribution in [-0.2, 0) is 36.2 Å². The molecule has 0 spiro atoms. The molecule has 1 unspecified atom stereocenters. The van der Waals surface area contributed by atoms with Crippen LogP contribution in [0.4, 0.5) is 4.79 Å². The molecule has 168 valence electrons. The van der Waals surface area contributed by atoms with E-state index in [0.29, 0.717) is 5.75 Å². The fraction of sp³-hybridized carbons (Fsp3) is 0.526. The number of ether oxygens (including phenoxy) is 3. The molecule has 1 atom stereocenters. The Hall–Kier alpha value is -2.10. The molecule has 0 bridgehead atoms. The Morgan fingerprint density at radius 1 is 1.27 bits per heavy atom. The van der Waals surface area contributed by atoms with Crippen molar-refractivity contribution in [2.75, 3.05) is 34.5 Å². The van der Waals surface area contributed by atoms with Gasteiger partial charge in [0.2, 0.25) is 6.79 Å². The van der Waals surface area contributed by atoms with Crippen LogP contribution in [0.25, 0.3) is 10.9 Å². The number of hydrogen-bond acceptors (Lipinski definition) is 8. The number of rotatable bonds is 11. The van der Waals surface area contributed by atoms with Gasteiger partial charge < -0.3 is 28.6 Å². The van der Waals surface area contributed by atoms with Gasteiger partial charge in [0, 0.05) is 24.2 Å². The Bertz CT molecular complexity index is 896. The first-order valence-corrected chi connectivity index (χ1v) is 10.9. The average molecular weight is 444 g/mol. The summed E-state index contributed by atoms with van der Waals surface area (Å²) in [7, 11) is 1.09. The predicted molar refractivity (Wildman–Crippen MR) is 110 cm³/mol. The Labute approximate surface area is 175 Å². The topological polar surface area (TPSA) is 109 Å². The van der Waals surface area contributed by atoms with Crippen molar-refractivity contribution in [2.24, 2.45) is 0 Å². The minimum atomic E-state index is -4.46. The van der Waals surface area contributed by atoms with Gasteiger partial charge in [-0.3, -0.25) is 4.52 Å². The highest BCUT2D eigenvalue weighted by atomic mass is 31.2. The lowest BCUT2D eigenvalue weighted by Gasteiger charge is -2.14. The van der Waals surface area contributed by atoms with E-state index in [1.807, 2.05) is 38.5 Å². The minimum absolute atomic E-state index is 0.240. The zero-order valence-corrected chi connectivity index (χ0v) is 18.8. The van der Waals surface area contributed by atoms with E-state index < -0.39 is 20.8 Å². The van der Waals surface area contributed by atoms with Crippen molar-refractivity contribution in [2.45, 2.75) is 33.1 Å². The minimum Gasteiger partial charge on any atom is -0.497 e. The predicted octanol–water partition coefficient (Wildman–Crippen LogP) is 3.36. The molecule has 0 aliphatic carbocycles. The average Bonchev–Trinajstić information content (AvgIpc) is 3.01. The molecular formula is C19H29N2O8P. The van der Waals surface area contributed by atoms with Gasteiger partial charge in [0.25, 0.3) is 0 Å². The molecular weight excluding hydrogens is 415 g/mol. The van der Waals surface area contributed by atoms with Crippen molar-refractivity contribution in [3.05, 3.63) is 30.0 Å². The number of likely N-dealkylation sites (N-methyl/N-ethyl adjacent to an activating group) is 1. The molecule has 30 heavy (non-hydrogen) atoms. The largest absolute Gasteiger partial charge is 0.510 e. The molecule has 11 heteroatoms. The molecule has 1 heterocycles. The summed E-state index contributed by atoms with van der Waals surface area (Å²) in [6, 6.07) is 5.63. The molecule has 0 fully saturated rings. The first-order valence-electron chi connectivity index (χ1n) is 9.37. The summed E-state index contributed by atoms with van der Waals surface area (Å²) in [5.74, 6) is 0.654. The third-order valence-electron chi connectivity index (χ3n) is 4.08. The summed E-state index contributed by atoms with van der Waals surface area (Å²) in [6.45, 7) is 3.12. The van der Waals surface area contributed by atoms with Gasteiger partial charge in [0.15, 0.2) is 0 Å². The van der Waals surface area contributed by atoms with Crippen LogP contribution in [0, 0.1) is 0 Å². The van der Waals surface area contributed by atoms with E-state index in [1.165, 1.54) is 0 Å². The normalized spacial score (nSPS) is 13.6. The molecule has 0 aliphatic heterocycles. The molecule has 0 saturated carbocycles. The van der Waals surface area contributed by atoms with Crippen molar-refractivity contribution in [3.8, 4) is 5.75 Å². The number of phosphoric ester groups is 1. The number of hydrogen-bond donors (Lipinski definition) is 1. The summed E-state index contributed by atoms with van der Waals surface area (Å²) in [4.78, 5) is 23.2. The van der Waals surface area contributed by atoms with Crippen LogP contribution in [0.5, 0.6) is 5.75 Å². The highest BCUT2D eigenvalue weighted by Gasteiger charge is 2.23. The van der Waals surface area contributed by atoms with E-state index in [-0.39, 0.29) is 12.8 Å². The van der Waals surface area contributed by atoms with Gasteiger partial charge >= 0.3 is 14.0 Å². The van der Waals surface area contributed by atoms with Gasteiger partial charge in [-0.05, 0) is 52.1 Å². The van der Waals surface area contributed by atoms with Crippen molar-refractivity contribution in [3.63, 3.8) is 0 Å². The SMILES string of the molecule is COc1ccc2c(CCN(C)C)cn(COP(=O)(O)OCOC(=O)OC(C)C)c2c1. The van der Waals surface area contributed by atoms with Crippen LogP contribution < -0.4 is 4.74 Å². The smallest absolute Gasteiger partial charge is 0.497 e. The fourth-order valence-electron chi connectivity index (χ4n) is 2.66. The summed E-state index contributed by atoms with van der Waals surface area (Å²) in [5, 5.41) is 0.995. The Kier molecular flexibility index (Phi) is 8.69. The van der Waals surface area contributed by atoms with Crippen molar-refractivity contribution in [1.82, 2.24) is 9.47 Å². The number of fused-ring (bicyclic) bond motifs is 1. The van der Waals surface area contributed by atoms with Crippen LogP contribution in [0.2, 0.25) is 0 Å². The van der Waals surface area contributed by atoms with E-state index >= 15 is 0 Å². The number of benzene rings is 1. The molecule has 0 aliphatic rings. The van der Waals surface area contributed by atoms with Crippen molar-refractivity contribution >= 4 is 24.9 Å². The Morgan fingerprint density at radius 3 is 2.63 bits per heavy atom. The van der Waals surface area contributed by atoms with Gasteiger partial charge in [-0.15, -0.1) is 0 Å². The zero-order valence-electron chi connectivity index (χ0n) is 17.9. The molecule has 2 rings (SSSR count). The van der Waals surface area contributed by atoms with Crippen LogP contribution in [0.15, 0.2) is 24.4 Å². The maximum absolute atomic E-state index is 12.1. The monoisotopic (exact) mass is 444 g/mol. The summed E-state index contributed by atoms with van der Waals surface area (Å²) < 4.78 is 38.1. The second kappa shape index (κ2) is 10.8. The Morgan fingerprint density at radius 2 is 2.00 bits per heavy atom. The summed E-state index contributed by atoms with van der Waals surface area (Å²) in [5.41, 5.74) is 1.86. The molecule has 1 aromatic heterocycles. The number of carbonyl (C=O) groups is 1. The lowest BCUT2D eigenvalue weighted by atomic mass is 10.1. The third kappa shape index (κ3) is 7.30. The molecule has 1 N–H and O–H groups in total. The maximum Gasteiger partial charge on any atom is 0.510 e. The van der Waals surface area contributed by atoms with Crippen LogP contribution in [-0.4, -0.2) is 61.2 Å². The van der Waals surface area contributed by atoms with Crippen molar-refractivity contribution < 1.29 is 37.5 Å². The number of phosphoric acid groups is 1. The fourth-order valence-corrected chi connectivity index (χ4v) is 3.20. The lowest BCUT2D eigenvalue weighted by molar-refractivity contribution is -0.0218. The van der Waals surface area contributed by atoms with Crippen LogP contribution in [0.1, 0.15) is 19.4 Å². The molecule has 0 radical (unpaired) electrons. The number of aromatic nitrogens is 1. The highest BCUT2D eigenvalue weighted by molar-refractivity contribution is 7.47. The highest BCUT2D eigenvalue weighted by Crippen LogP contribution is 2.44. The number of nitrogens with zero attached hydrogens (tertiary/aromatic N) is 2. The molecule has 0 saturated heterocycles. The second-order valence-electron chi connectivity index (χ2n) is 7.10. The number of methoxy groups -OCH3 is 1. The standard InChI is InChI=1S/C19H29N2O8P/c1-14(2)29-19(22)26-13-28-30(23,24)27-12-21-11-15(8-9-20(3)4)17-7-6-16(25-5)10-18(17)21/h6-7,10-11,14H,8-9,12-13H2,1-5H3,(H,23,24). The van der Waals surface area contributed by atoms with Gasteiger partial charge in [-0.25, -0.2) is 13.9 Å². The van der Waals surface area contributed by atoms with E-state index in [1.54, 1.807) is 25.5 Å². The van der Waals surface area contributed by atoms with E-state index in [4.69, 9.17) is 14.0 Å². The first-order chi connectivity index (χ1) is 14.1. The number of carbonyl (C=O) groups excluding carboxylic acids is 1. The van der Waals surface area contributed by atoms with Gasteiger partial charge in [0.05, 0.1) is 18.7 Å². The quantitative estimate of drug-likeness (QED) is 0.317. The summed E-state index contributed by atoms with van der Waals surface area (Å²) >= 11 is 0. The van der Waals surface area contributed by atoms with Gasteiger partial charge in [-0.1, -0.05) is 0 Å². The molecule has 0 amide bonds. The van der Waals surface area contributed by atoms with Gasteiger partial charge in [0.1, 0.15) is 12.5 Å². The summed E-state index contributed by atoms with van der Waals surface area (Å²) in [6.07, 6.45) is 1.28. The first kappa shape index (κ1) is 24.2. The van der Waals surface area contributed by atoms with E-state index in [0.717, 1.165) is 29.4 Å². The zero-order chi connectivity index (χ0) is 22.3. The van der Waals surface area contributed by atoms with Crippen molar-refractivity contribution in [1.29, 1.82) is 0 Å².